The van der Waals surface area contributed by atoms with Crippen LogP contribution in [0.3, 0.4) is 0 Å². The molecule has 0 aromatic carbocycles. The number of nitrogens with zero attached hydrogens (tertiary/aromatic N) is 3. The third-order valence-electron chi connectivity index (χ3n) is 3.82. The molecule has 2 rings (SSSR count). The summed E-state index contributed by atoms with van der Waals surface area (Å²) in [6.45, 7) is 8.68. The first-order valence-corrected chi connectivity index (χ1v) is 9.46. The summed E-state index contributed by atoms with van der Waals surface area (Å²) in [5.74, 6) is 1.12. The fraction of sp³-hybridized carbons (Fsp3) is 0.750. The monoisotopic (exact) mass is 521 g/mol. The molecule has 0 spiro atoms. The summed E-state index contributed by atoms with van der Waals surface area (Å²) in [6, 6.07) is 0. The van der Waals surface area contributed by atoms with Crippen molar-refractivity contribution in [3.63, 3.8) is 0 Å². The van der Waals surface area contributed by atoms with Gasteiger partial charge >= 0.3 is 6.18 Å². The van der Waals surface area contributed by atoms with E-state index in [9.17, 15) is 13.2 Å². The Morgan fingerprint density at radius 1 is 1.44 bits per heavy atom. The molecule has 0 aliphatic carbocycles. The molecule has 1 saturated heterocycles. The number of aromatic nitrogens is 1. The molecule has 1 aromatic heterocycles. The molecule has 1 fully saturated rings. The Labute approximate surface area is 179 Å². The molecule has 0 amide bonds. The van der Waals surface area contributed by atoms with Crippen LogP contribution in [0.1, 0.15) is 24.5 Å². The fourth-order valence-electron chi connectivity index (χ4n) is 2.70. The van der Waals surface area contributed by atoms with Crippen LogP contribution in [-0.2, 0) is 17.5 Å². The highest BCUT2D eigenvalue weighted by Crippen LogP contribution is 2.29. The molecule has 1 aliphatic rings. The highest BCUT2D eigenvalue weighted by Gasteiger charge is 2.33. The second kappa shape index (κ2) is 11.4. The van der Waals surface area contributed by atoms with Crippen molar-refractivity contribution in [2.45, 2.75) is 32.7 Å². The van der Waals surface area contributed by atoms with Gasteiger partial charge in [-0.2, -0.15) is 13.2 Å². The van der Waals surface area contributed by atoms with E-state index in [0.717, 1.165) is 36.4 Å². The Kier molecular flexibility index (Phi) is 10.3. The van der Waals surface area contributed by atoms with Gasteiger partial charge in [-0.15, -0.1) is 35.3 Å². The number of morpholine rings is 1. The number of halogens is 4. The molecule has 1 aromatic rings. The van der Waals surface area contributed by atoms with E-state index >= 15 is 0 Å². The van der Waals surface area contributed by atoms with Crippen molar-refractivity contribution >= 4 is 41.3 Å². The maximum absolute atomic E-state index is 12.6. The summed E-state index contributed by atoms with van der Waals surface area (Å²) in [6.07, 6.45) is -4.35. The van der Waals surface area contributed by atoms with Crippen molar-refractivity contribution in [1.29, 1.82) is 0 Å². The van der Waals surface area contributed by atoms with E-state index in [0.29, 0.717) is 30.0 Å². The standard InChI is InChI=1S/C16H26F3N5OS.HI/c1-11(2)8-24-4-5-25-12(9-24)6-21-15(20-3)22-7-14-23-13(10-26-14)16(17,18)19;/h10-12H,4-9H2,1-3H3,(H2,20,21,22);1H. The van der Waals surface area contributed by atoms with Crippen molar-refractivity contribution in [3.05, 3.63) is 16.1 Å². The first-order valence-electron chi connectivity index (χ1n) is 8.58. The zero-order chi connectivity index (χ0) is 19.2. The molecule has 2 heterocycles. The lowest BCUT2D eigenvalue weighted by molar-refractivity contribution is -0.140. The average molecular weight is 521 g/mol. The Hall–Kier alpha value is -0.660. The molecule has 2 N–H and O–H groups in total. The lowest BCUT2D eigenvalue weighted by Gasteiger charge is -2.34. The molecule has 6 nitrogen and oxygen atoms in total. The Morgan fingerprint density at radius 3 is 2.78 bits per heavy atom. The third kappa shape index (κ3) is 8.48. The normalized spacial score (nSPS) is 19.1. The van der Waals surface area contributed by atoms with Gasteiger partial charge in [0.25, 0.3) is 0 Å². The second-order valence-corrected chi connectivity index (χ2v) is 7.52. The average Bonchev–Trinajstić information content (AvgIpc) is 3.04. The second-order valence-electron chi connectivity index (χ2n) is 6.58. The van der Waals surface area contributed by atoms with Crippen molar-refractivity contribution in [3.8, 4) is 0 Å². The van der Waals surface area contributed by atoms with Gasteiger partial charge in [0.05, 0.1) is 19.3 Å². The summed E-state index contributed by atoms with van der Waals surface area (Å²) in [7, 11) is 1.62. The van der Waals surface area contributed by atoms with Crippen LogP contribution in [0.2, 0.25) is 0 Å². The van der Waals surface area contributed by atoms with E-state index in [2.05, 4.69) is 39.4 Å². The topological polar surface area (TPSA) is 61.8 Å². The lowest BCUT2D eigenvalue weighted by Crippen LogP contribution is -2.50. The summed E-state index contributed by atoms with van der Waals surface area (Å²) < 4.78 is 43.5. The molecule has 1 unspecified atom stereocenters. The molecule has 0 radical (unpaired) electrons. The summed E-state index contributed by atoms with van der Waals surface area (Å²) in [5, 5.41) is 7.52. The number of alkyl halides is 3. The van der Waals surface area contributed by atoms with Gasteiger partial charge in [-0.1, -0.05) is 13.8 Å². The zero-order valence-corrected chi connectivity index (χ0v) is 18.8. The number of rotatable bonds is 6. The number of hydrogen-bond donors (Lipinski definition) is 2. The minimum absolute atomic E-state index is 0. The SMILES string of the molecule is CN=C(NCc1nc(C(F)(F)F)cs1)NCC1CN(CC(C)C)CCO1.I. The predicted molar refractivity (Wildman–Crippen MR) is 112 cm³/mol. The minimum Gasteiger partial charge on any atom is -0.374 e. The van der Waals surface area contributed by atoms with Gasteiger partial charge in [0.2, 0.25) is 0 Å². The van der Waals surface area contributed by atoms with Crippen LogP contribution in [0.25, 0.3) is 0 Å². The quantitative estimate of drug-likeness (QED) is 0.343. The largest absolute Gasteiger partial charge is 0.434 e. The van der Waals surface area contributed by atoms with Gasteiger partial charge in [0.15, 0.2) is 11.7 Å². The highest BCUT2D eigenvalue weighted by molar-refractivity contribution is 14.0. The van der Waals surface area contributed by atoms with Crippen molar-refractivity contribution in [1.82, 2.24) is 20.5 Å². The molecule has 1 aliphatic heterocycles. The molecule has 0 saturated carbocycles. The third-order valence-corrected chi connectivity index (χ3v) is 4.67. The van der Waals surface area contributed by atoms with Crippen LogP contribution < -0.4 is 10.6 Å². The summed E-state index contributed by atoms with van der Waals surface area (Å²) >= 11 is 0.973. The van der Waals surface area contributed by atoms with Crippen LogP contribution in [0.4, 0.5) is 13.2 Å². The molecular formula is C16H27F3IN5OS. The van der Waals surface area contributed by atoms with Gasteiger partial charge in [-0.05, 0) is 5.92 Å². The summed E-state index contributed by atoms with van der Waals surface area (Å²) in [5.41, 5.74) is -0.858. The van der Waals surface area contributed by atoms with Crippen LogP contribution in [-0.4, -0.2) is 61.8 Å². The Balaban J connectivity index is 0.00000364. The molecule has 1 atom stereocenters. The van der Waals surface area contributed by atoms with Gasteiger partial charge in [-0.25, -0.2) is 4.98 Å². The van der Waals surface area contributed by atoms with E-state index in [-0.39, 0.29) is 36.6 Å². The Bertz CT molecular complexity index is 597. The van der Waals surface area contributed by atoms with Crippen LogP contribution in [0.5, 0.6) is 0 Å². The van der Waals surface area contributed by atoms with Crippen LogP contribution in [0.15, 0.2) is 10.4 Å². The van der Waals surface area contributed by atoms with Crippen molar-refractivity contribution in [2.75, 3.05) is 39.8 Å². The predicted octanol–water partition coefficient (Wildman–Crippen LogP) is 2.80. The first-order chi connectivity index (χ1) is 12.3. The molecule has 156 valence electrons. The number of thiazole rings is 1. The van der Waals surface area contributed by atoms with E-state index in [1.165, 1.54) is 0 Å². The van der Waals surface area contributed by atoms with Crippen molar-refractivity contribution < 1.29 is 17.9 Å². The van der Waals surface area contributed by atoms with E-state index < -0.39 is 11.9 Å². The van der Waals surface area contributed by atoms with E-state index in [4.69, 9.17) is 4.74 Å². The number of nitrogens with one attached hydrogen (secondary N) is 2. The lowest BCUT2D eigenvalue weighted by atomic mass is 10.2. The van der Waals surface area contributed by atoms with Crippen LogP contribution >= 0.6 is 35.3 Å². The van der Waals surface area contributed by atoms with Crippen LogP contribution in [0, 0.1) is 5.92 Å². The summed E-state index contributed by atoms with van der Waals surface area (Å²) in [4.78, 5) is 10.1. The number of aliphatic imine (C=N–C) groups is 1. The fourth-order valence-corrected chi connectivity index (χ4v) is 3.44. The molecule has 0 bridgehead atoms. The van der Waals surface area contributed by atoms with Gasteiger partial charge in [0.1, 0.15) is 5.01 Å². The van der Waals surface area contributed by atoms with Gasteiger partial charge < -0.3 is 15.4 Å². The molecule has 11 heteroatoms. The first kappa shape index (κ1) is 24.4. The minimum atomic E-state index is -4.41. The smallest absolute Gasteiger partial charge is 0.374 e. The number of ether oxygens (including phenoxy) is 1. The van der Waals surface area contributed by atoms with E-state index in [1.54, 1.807) is 7.05 Å². The molecular weight excluding hydrogens is 494 g/mol. The maximum atomic E-state index is 12.6. The van der Waals surface area contributed by atoms with E-state index in [1.807, 2.05) is 0 Å². The molecule has 27 heavy (non-hydrogen) atoms. The number of hydrogen-bond acceptors (Lipinski definition) is 5. The zero-order valence-electron chi connectivity index (χ0n) is 15.7. The van der Waals surface area contributed by atoms with Crippen molar-refractivity contribution in [2.24, 2.45) is 10.9 Å². The van der Waals surface area contributed by atoms with Gasteiger partial charge in [-0.3, -0.25) is 9.89 Å². The van der Waals surface area contributed by atoms with Gasteiger partial charge in [0, 0.05) is 38.6 Å². The Morgan fingerprint density at radius 2 is 2.19 bits per heavy atom. The number of guanidine groups is 1. The highest BCUT2D eigenvalue weighted by atomic mass is 127. The maximum Gasteiger partial charge on any atom is 0.434 e.